The lowest BCUT2D eigenvalue weighted by atomic mass is 10.0. The maximum absolute atomic E-state index is 13.2. The first kappa shape index (κ1) is 61.0. The lowest BCUT2D eigenvalue weighted by molar-refractivity contribution is -0.151. The lowest BCUT2D eigenvalue weighted by Crippen LogP contribution is -2.46. The lowest BCUT2D eigenvalue weighted by Gasteiger charge is -2.24. The van der Waals surface area contributed by atoms with Gasteiger partial charge in [-0.3, -0.25) is 9.59 Å². The van der Waals surface area contributed by atoms with Gasteiger partial charge in [0.2, 0.25) is 5.91 Å². The molecule has 0 aliphatic carbocycles. The van der Waals surface area contributed by atoms with Crippen molar-refractivity contribution in [3.05, 3.63) is 85.1 Å². The first-order chi connectivity index (χ1) is 31.5. The molecule has 3 atom stereocenters. The van der Waals surface area contributed by atoms with E-state index in [0.29, 0.717) is 19.3 Å². The fourth-order valence-electron chi connectivity index (χ4n) is 7.82. The standard InChI is InChI=1S/C58H101NO5/c1-4-7-10-13-16-19-22-25-27-28-30-33-35-38-41-44-47-50-56(61)55(53-60)59-57(62)52-54(49-46-43-40-37-34-32-29-26-23-20-17-14-11-8-5-2)64-58(63)51-48-45-42-39-36-31-24-21-18-15-12-9-6-3/h8,11,14,17,20,23,26,29,31-32,34,36-37,40,54-56,60-61H,4-7,9-10,12-13,15-16,18-19,21-22,24-25,27-28,30,33,35,38-39,41-53H2,1-3H3,(H,59,62)/b11-8-,17-14+,23-20+,29-26-,34-32+,36-31-,40-37+. The number of aliphatic hydroxyl groups excluding tert-OH is 2. The van der Waals surface area contributed by atoms with Gasteiger partial charge in [0.05, 0.1) is 25.2 Å². The largest absolute Gasteiger partial charge is 0.462 e. The number of ether oxygens (including phenoxy) is 1. The third kappa shape index (κ3) is 45.6. The first-order valence-corrected chi connectivity index (χ1v) is 26.9. The van der Waals surface area contributed by atoms with Crippen LogP contribution in [0.15, 0.2) is 85.1 Å². The van der Waals surface area contributed by atoms with Gasteiger partial charge in [0.1, 0.15) is 6.10 Å². The van der Waals surface area contributed by atoms with E-state index in [1.807, 2.05) is 60.8 Å². The maximum Gasteiger partial charge on any atom is 0.306 e. The number of hydrogen-bond acceptors (Lipinski definition) is 5. The molecule has 0 bridgehead atoms. The van der Waals surface area contributed by atoms with Crippen molar-refractivity contribution in [1.82, 2.24) is 5.32 Å². The van der Waals surface area contributed by atoms with Crippen LogP contribution >= 0.6 is 0 Å². The van der Waals surface area contributed by atoms with Crippen molar-refractivity contribution in [3.63, 3.8) is 0 Å². The molecule has 1 amide bonds. The number of aliphatic hydroxyl groups is 2. The van der Waals surface area contributed by atoms with Crippen LogP contribution in [0.2, 0.25) is 0 Å². The van der Waals surface area contributed by atoms with E-state index in [1.54, 1.807) is 0 Å². The third-order valence-electron chi connectivity index (χ3n) is 11.9. The monoisotopic (exact) mass is 892 g/mol. The van der Waals surface area contributed by atoms with Crippen molar-refractivity contribution >= 4 is 11.9 Å². The number of carbonyl (C=O) groups excluding carboxylic acids is 2. The summed E-state index contributed by atoms with van der Waals surface area (Å²) in [5.74, 6) is -0.570. The second-order valence-electron chi connectivity index (χ2n) is 18.0. The van der Waals surface area contributed by atoms with Gasteiger partial charge >= 0.3 is 5.97 Å². The van der Waals surface area contributed by atoms with Crippen LogP contribution in [0.25, 0.3) is 0 Å². The summed E-state index contributed by atoms with van der Waals surface area (Å²) in [6.45, 7) is 6.31. The Hall–Kier alpha value is -2.96. The Labute approximate surface area is 395 Å². The SMILES string of the molecule is CC\C=C/C=C/C=C/C=C\C=C\C=C\CCCC(CC(=O)NC(CO)C(O)CCCCCCCCCCCCCCCCCCC)OC(=O)CCCCC/C=C\CCCCCCCC. The molecule has 0 radical (unpaired) electrons. The Kier molecular flexibility index (Phi) is 48.7. The van der Waals surface area contributed by atoms with E-state index in [2.05, 4.69) is 50.4 Å². The number of unbranched alkanes of at least 4 members (excludes halogenated alkanes) is 26. The van der Waals surface area contributed by atoms with Crippen molar-refractivity contribution in [2.24, 2.45) is 0 Å². The van der Waals surface area contributed by atoms with E-state index in [1.165, 1.54) is 128 Å². The Bertz CT molecular complexity index is 1230. The fraction of sp³-hybridized carbons (Fsp3) is 0.724. The number of amides is 1. The summed E-state index contributed by atoms with van der Waals surface area (Å²) in [6, 6.07) is -0.733. The highest BCUT2D eigenvalue weighted by molar-refractivity contribution is 5.77. The minimum Gasteiger partial charge on any atom is -0.462 e. The summed E-state index contributed by atoms with van der Waals surface area (Å²) in [6.07, 6.45) is 66.5. The number of esters is 1. The number of hydrogen-bond donors (Lipinski definition) is 3. The molecule has 0 aromatic carbocycles. The normalized spacial score (nSPS) is 13.9. The molecule has 0 aliphatic rings. The van der Waals surface area contributed by atoms with E-state index in [9.17, 15) is 19.8 Å². The first-order valence-electron chi connectivity index (χ1n) is 26.9. The van der Waals surface area contributed by atoms with Gasteiger partial charge in [-0.15, -0.1) is 0 Å². The summed E-state index contributed by atoms with van der Waals surface area (Å²) in [4.78, 5) is 26.1. The van der Waals surface area contributed by atoms with Crippen LogP contribution in [-0.4, -0.2) is 46.9 Å². The zero-order valence-electron chi connectivity index (χ0n) is 41.9. The minimum atomic E-state index is -0.814. The molecule has 6 heteroatoms. The fourth-order valence-corrected chi connectivity index (χ4v) is 7.82. The van der Waals surface area contributed by atoms with Crippen LogP contribution in [0.5, 0.6) is 0 Å². The van der Waals surface area contributed by atoms with Crippen molar-refractivity contribution in [2.75, 3.05) is 6.61 Å². The van der Waals surface area contributed by atoms with Gasteiger partial charge in [-0.05, 0) is 64.2 Å². The molecule has 0 saturated carbocycles. The van der Waals surface area contributed by atoms with Gasteiger partial charge in [-0.2, -0.15) is 0 Å². The Morgan fingerprint density at radius 2 is 0.875 bits per heavy atom. The topological polar surface area (TPSA) is 95.9 Å². The van der Waals surface area contributed by atoms with Crippen LogP contribution < -0.4 is 5.32 Å². The molecule has 64 heavy (non-hydrogen) atoms. The number of carbonyl (C=O) groups is 2. The second-order valence-corrected chi connectivity index (χ2v) is 18.0. The third-order valence-corrected chi connectivity index (χ3v) is 11.9. The predicted molar refractivity (Wildman–Crippen MR) is 278 cm³/mol. The van der Waals surface area contributed by atoms with Crippen molar-refractivity contribution < 1.29 is 24.5 Å². The summed E-state index contributed by atoms with van der Waals surface area (Å²) >= 11 is 0. The second kappa shape index (κ2) is 51.0. The average Bonchev–Trinajstić information content (AvgIpc) is 3.29. The molecule has 0 saturated heterocycles. The molecule has 3 N–H and O–H groups in total. The molecule has 368 valence electrons. The Balaban J connectivity index is 4.68. The molecule has 0 fully saturated rings. The highest BCUT2D eigenvalue weighted by Crippen LogP contribution is 2.17. The highest BCUT2D eigenvalue weighted by Gasteiger charge is 2.24. The van der Waals surface area contributed by atoms with Gasteiger partial charge in [-0.1, -0.05) is 254 Å². The van der Waals surface area contributed by atoms with Gasteiger partial charge in [-0.25, -0.2) is 0 Å². The van der Waals surface area contributed by atoms with E-state index in [0.717, 1.165) is 70.6 Å². The average molecular weight is 892 g/mol. The molecular weight excluding hydrogens is 791 g/mol. The molecule has 6 nitrogen and oxygen atoms in total. The van der Waals surface area contributed by atoms with Crippen LogP contribution in [-0.2, 0) is 14.3 Å². The number of nitrogens with one attached hydrogen (secondary N) is 1. The Morgan fingerprint density at radius 3 is 1.34 bits per heavy atom. The molecule has 0 aromatic rings. The van der Waals surface area contributed by atoms with Crippen molar-refractivity contribution in [3.8, 4) is 0 Å². The smallest absolute Gasteiger partial charge is 0.306 e. The Morgan fingerprint density at radius 1 is 0.469 bits per heavy atom. The molecule has 0 aliphatic heterocycles. The molecular formula is C58H101NO5. The molecule has 3 unspecified atom stereocenters. The summed E-state index contributed by atoms with van der Waals surface area (Å²) in [7, 11) is 0. The molecule has 0 heterocycles. The molecule has 0 spiro atoms. The number of rotatable bonds is 47. The van der Waals surface area contributed by atoms with Crippen LogP contribution in [0, 0.1) is 0 Å². The maximum atomic E-state index is 13.2. The zero-order valence-corrected chi connectivity index (χ0v) is 41.9. The molecule has 0 rings (SSSR count). The summed E-state index contributed by atoms with van der Waals surface area (Å²) in [5, 5.41) is 23.8. The minimum absolute atomic E-state index is 0.0174. The van der Waals surface area contributed by atoms with E-state index in [4.69, 9.17) is 4.74 Å². The van der Waals surface area contributed by atoms with Gasteiger partial charge in [0.15, 0.2) is 0 Å². The van der Waals surface area contributed by atoms with E-state index >= 15 is 0 Å². The van der Waals surface area contributed by atoms with Crippen molar-refractivity contribution in [2.45, 2.75) is 264 Å². The quantitative estimate of drug-likeness (QED) is 0.0245. The van der Waals surface area contributed by atoms with Gasteiger partial charge < -0.3 is 20.3 Å². The van der Waals surface area contributed by atoms with Crippen molar-refractivity contribution in [1.29, 1.82) is 0 Å². The van der Waals surface area contributed by atoms with Crippen LogP contribution in [0.3, 0.4) is 0 Å². The van der Waals surface area contributed by atoms with Crippen LogP contribution in [0.4, 0.5) is 0 Å². The molecule has 0 aromatic heterocycles. The predicted octanol–water partition coefficient (Wildman–Crippen LogP) is 16.3. The van der Waals surface area contributed by atoms with Gasteiger partial charge in [0, 0.05) is 6.42 Å². The summed E-state index contributed by atoms with van der Waals surface area (Å²) in [5.41, 5.74) is 0. The summed E-state index contributed by atoms with van der Waals surface area (Å²) < 4.78 is 5.89. The highest BCUT2D eigenvalue weighted by atomic mass is 16.5. The number of allylic oxidation sites excluding steroid dienone is 14. The zero-order chi connectivity index (χ0) is 46.7. The van der Waals surface area contributed by atoms with E-state index in [-0.39, 0.29) is 24.9 Å². The van der Waals surface area contributed by atoms with E-state index < -0.39 is 18.2 Å². The van der Waals surface area contributed by atoms with Crippen LogP contribution in [0.1, 0.15) is 245 Å². The van der Waals surface area contributed by atoms with Gasteiger partial charge in [0.25, 0.3) is 0 Å².